The number of ether oxygens (including phenoxy) is 1. The molecule has 2 rings (SSSR count). The Hall–Kier alpha value is -2.83. The van der Waals surface area contributed by atoms with Crippen LogP contribution in [-0.2, 0) is 14.3 Å². The molecule has 1 aromatic carbocycles. The maximum absolute atomic E-state index is 12.5. The van der Waals surface area contributed by atoms with E-state index in [-0.39, 0.29) is 18.9 Å². The Balaban J connectivity index is 2.04. The highest BCUT2D eigenvalue weighted by atomic mass is 16.6. The smallest absolute Gasteiger partial charge is 0.325 e. The Morgan fingerprint density at radius 2 is 2.00 bits per heavy atom. The average molecular weight is 345 g/mol. The molecule has 1 fully saturated rings. The van der Waals surface area contributed by atoms with Crippen LogP contribution in [0.1, 0.15) is 19.8 Å². The summed E-state index contributed by atoms with van der Waals surface area (Å²) in [5.41, 5.74) is 0.124. The monoisotopic (exact) mass is 345 g/mol. The first-order valence-corrected chi connectivity index (χ1v) is 8.00. The lowest BCUT2D eigenvalue weighted by atomic mass is 9.80. The summed E-state index contributed by atoms with van der Waals surface area (Å²) in [6.07, 6.45) is 1.44. The molecular formula is C18H23N3O4. The van der Waals surface area contributed by atoms with Crippen LogP contribution in [-0.4, -0.2) is 38.1 Å². The number of allylic oxidation sites excluding steroid dienone is 1. The Morgan fingerprint density at radius 3 is 2.48 bits per heavy atom. The zero-order valence-corrected chi connectivity index (χ0v) is 14.7. The van der Waals surface area contributed by atoms with Gasteiger partial charge in [-0.2, -0.15) is 0 Å². The van der Waals surface area contributed by atoms with Crippen LogP contribution >= 0.6 is 0 Å². The van der Waals surface area contributed by atoms with Gasteiger partial charge in [-0.05, 0) is 37.6 Å². The van der Waals surface area contributed by atoms with E-state index in [4.69, 9.17) is 4.74 Å². The highest BCUT2D eigenvalue weighted by molar-refractivity contribution is 6.11. The van der Waals surface area contributed by atoms with Crippen LogP contribution in [0.2, 0.25) is 0 Å². The van der Waals surface area contributed by atoms with E-state index in [1.165, 1.54) is 6.08 Å². The summed E-state index contributed by atoms with van der Waals surface area (Å²) in [6, 6.07) is 6.44. The molecule has 1 saturated heterocycles. The third-order valence-corrected chi connectivity index (χ3v) is 4.13. The van der Waals surface area contributed by atoms with Crippen molar-refractivity contribution in [1.82, 2.24) is 5.32 Å². The molecule has 0 radical (unpaired) electrons. The molecule has 1 aliphatic rings. The minimum atomic E-state index is -1.40. The van der Waals surface area contributed by atoms with E-state index in [2.05, 4.69) is 17.2 Å². The molecule has 7 heteroatoms. The van der Waals surface area contributed by atoms with Crippen molar-refractivity contribution in [3.05, 3.63) is 36.9 Å². The topological polar surface area (TPSA) is 87.7 Å². The van der Waals surface area contributed by atoms with E-state index >= 15 is 0 Å². The number of hydrogen-bond donors (Lipinski definition) is 2. The highest BCUT2D eigenvalue weighted by Crippen LogP contribution is 2.38. The van der Waals surface area contributed by atoms with Gasteiger partial charge in [-0.25, -0.2) is 4.79 Å². The lowest BCUT2D eigenvalue weighted by molar-refractivity contribution is -0.152. The molecule has 0 aliphatic carbocycles. The molecule has 25 heavy (non-hydrogen) atoms. The van der Waals surface area contributed by atoms with Gasteiger partial charge in [-0.1, -0.05) is 6.08 Å². The first-order chi connectivity index (χ1) is 11.8. The molecule has 2 atom stereocenters. The van der Waals surface area contributed by atoms with Gasteiger partial charge in [0.05, 0.1) is 0 Å². The summed E-state index contributed by atoms with van der Waals surface area (Å²) in [5, 5.41) is 4.82. The Morgan fingerprint density at radius 1 is 1.36 bits per heavy atom. The van der Waals surface area contributed by atoms with Crippen molar-refractivity contribution in [3.8, 4) is 0 Å². The molecule has 0 saturated carbocycles. The standard InChI is InChI=1S/C18H23N3O4/c1-5-10-18(11-12(2)25-16(18)23)15(22)20-17(24)19-13-6-8-14(9-7-13)21(3)4/h5-9,12H,1,10-11H2,2-4H3,(H2,19,20,22,24). The van der Waals surface area contributed by atoms with E-state index in [9.17, 15) is 14.4 Å². The Bertz CT molecular complexity index is 684. The number of hydrogen-bond acceptors (Lipinski definition) is 5. The second-order valence-corrected chi connectivity index (χ2v) is 6.34. The lowest BCUT2D eigenvalue weighted by Crippen LogP contribution is -2.47. The lowest BCUT2D eigenvalue weighted by Gasteiger charge is -2.21. The number of nitrogens with one attached hydrogen (secondary N) is 2. The van der Waals surface area contributed by atoms with E-state index in [1.807, 2.05) is 31.1 Å². The van der Waals surface area contributed by atoms with Crippen LogP contribution in [0, 0.1) is 5.41 Å². The molecule has 2 unspecified atom stereocenters. The van der Waals surface area contributed by atoms with Gasteiger partial charge in [-0.3, -0.25) is 14.9 Å². The van der Waals surface area contributed by atoms with Crippen molar-refractivity contribution in [3.63, 3.8) is 0 Å². The number of cyclic esters (lactones) is 1. The summed E-state index contributed by atoms with van der Waals surface area (Å²) in [7, 11) is 3.82. The number of imide groups is 1. The van der Waals surface area contributed by atoms with Gasteiger partial charge in [0.1, 0.15) is 6.10 Å². The van der Waals surface area contributed by atoms with Crippen LogP contribution in [0.15, 0.2) is 36.9 Å². The van der Waals surface area contributed by atoms with Crippen molar-refractivity contribution in [2.75, 3.05) is 24.3 Å². The number of nitrogens with zero attached hydrogens (tertiary/aromatic N) is 1. The van der Waals surface area contributed by atoms with Gasteiger partial charge in [0.2, 0.25) is 5.91 Å². The quantitative estimate of drug-likeness (QED) is 0.486. The maximum atomic E-state index is 12.5. The van der Waals surface area contributed by atoms with Crippen molar-refractivity contribution in [2.24, 2.45) is 5.41 Å². The van der Waals surface area contributed by atoms with Gasteiger partial charge in [0.15, 0.2) is 5.41 Å². The van der Waals surface area contributed by atoms with Crippen LogP contribution < -0.4 is 15.5 Å². The minimum absolute atomic E-state index is 0.118. The van der Waals surface area contributed by atoms with Crippen molar-refractivity contribution in [2.45, 2.75) is 25.9 Å². The highest BCUT2D eigenvalue weighted by Gasteiger charge is 2.53. The van der Waals surface area contributed by atoms with Crippen LogP contribution in [0.25, 0.3) is 0 Å². The van der Waals surface area contributed by atoms with E-state index in [0.29, 0.717) is 5.69 Å². The minimum Gasteiger partial charge on any atom is -0.462 e. The van der Waals surface area contributed by atoms with Crippen molar-refractivity contribution < 1.29 is 19.1 Å². The fourth-order valence-corrected chi connectivity index (χ4v) is 2.83. The molecule has 2 N–H and O–H groups in total. The fraction of sp³-hybridized carbons (Fsp3) is 0.389. The zero-order valence-electron chi connectivity index (χ0n) is 14.7. The molecule has 134 valence electrons. The van der Waals surface area contributed by atoms with E-state index in [0.717, 1.165) is 5.69 Å². The summed E-state index contributed by atoms with van der Waals surface area (Å²) in [5.74, 6) is -1.30. The summed E-state index contributed by atoms with van der Waals surface area (Å²) >= 11 is 0. The molecule has 1 aromatic rings. The molecule has 0 spiro atoms. The predicted molar refractivity (Wildman–Crippen MR) is 95.3 cm³/mol. The van der Waals surface area contributed by atoms with Gasteiger partial charge in [0, 0.05) is 31.9 Å². The number of carbonyl (C=O) groups excluding carboxylic acids is 3. The molecular weight excluding hydrogens is 322 g/mol. The number of benzene rings is 1. The van der Waals surface area contributed by atoms with Crippen molar-refractivity contribution in [1.29, 1.82) is 0 Å². The van der Waals surface area contributed by atoms with E-state index < -0.39 is 23.3 Å². The average Bonchev–Trinajstić information content (AvgIpc) is 2.83. The molecule has 0 aromatic heterocycles. The van der Waals surface area contributed by atoms with Crippen molar-refractivity contribution >= 4 is 29.3 Å². The molecule has 3 amide bonds. The third-order valence-electron chi connectivity index (χ3n) is 4.13. The van der Waals surface area contributed by atoms with Crippen LogP contribution in [0.4, 0.5) is 16.2 Å². The van der Waals surface area contributed by atoms with Gasteiger partial charge in [0.25, 0.3) is 0 Å². The predicted octanol–water partition coefficient (Wildman–Crippen LogP) is 2.30. The number of urea groups is 1. The summed E-state index contributed by atoms with van der Waals surface area (Å²) in [6.45, 7) is 5.30. The van der Waals surface area contributed by atoms with Crippen LogP contribution in [0.5, 0.6) is 0 Å². The number of anilines is 2. The largest absolute Gasteiger partial charge is 0.462 e. The fourth-order valence-electron chi connectivity index (χ4n) is 2.83. The Kier molecular flexibility index (Phi) is 5.46. The number of rotatable bonds is 5. The van der Waals surface area contributed by atoms with Gasteiger partial charge >= 0.3 is 12.0 Å². The zero-order chi connectivity index (χ0) is 18.6. The first kappa shape index (κ1) is 18.5. The maximum Gasteiger partial charge on any atom is 0.325 e. The molecule has 1 aliphatic heterocycles. The normalized spacial score (nSPS) is 22.0. The second-order valence-electron chi connectivity index (χ2n) is 6.34. The van der Waals surface area contributed by atoms with E-state index in [1.54, 1.807) is 19.1 Å². The second kappa shape index (κ2) is 7.38. The van der Waals surface area contributed by atoms with Crippen LogP contribution in [0.3, 0.4) is 0 Å². The number of esters is 1. The third kappa shape index (κ3) is 3.99. The molecule has 1 heterocycles. The SMILES string of the molecule is C=CCC1(C(=O)NC(=O)Nc2ccc(N(C)C)cc2)CC(C)OC1=O. The number of carbonyl (C=O) groups is 3. The Labute approximate surface area is 147 Å². The number of amides is 3. The molecule has 0 bridgehead atoms. The molecule has 7 nitrogen and oxygen atoms in total. The van der Waals surface area contributed by atoms with Gasteiger partial charge < -0.3 is 15.0 Å². The summed E-state index contributed by atoms with van der Waals surface area (Å²) < 4.78 is 5.10. The summed E-state index contributed by atoms with van der Waals surface area (Å²) in [4.78, 5) is 38.7. The van der Waals surface area contributed by atoms with Gasteiger partial charge in [-0.15, -0.1) is 6.58 Å². The first-order valence-electron chi connectivity index (χ1n) is 8.00.